The predicted octanol–water partition coefficient (Wildman–Crippen LogP) is 5.84. The topological polar surface area (TPSA) is 113 Å². The largest absolute Gasteiger partial charge is 0.420 e. The first-order chi connectivity index (χ1) is 16.6. The lowest BCUT2D eigenvalue weighted by molar-refractivity contribution is -0.384. The average molecular weight is 491 g/mol. The van der Waals surface area contributed by atoms with E-state index in [9.17, 15) is 10.1 Å². The number of hydrogen-bond donors (Lipinski definition) is 0. The summed E-state index contributed by atoms with van der Waals surface area (Å²) >= 11 is 7.45. The van der Waals surface area contributed by atoms with Crippen LogP contribution in [0.3, 0.4) is 0 Å². The summed E-state index contributed by atoms with van der Waals surface area (Å²) < 4.78 is 7.72. The van der Waals surface area contributed by atoms with E-state index >= 15 is 0 Å². The van der Waals surface area contributed by atoms with Gasteiger partial charge in [-0.25, -0.2) is 0 Å². The van der Waals surface area contributed by atoms with E-state index < -0.39 is 4.92 Å². The minimum Gasteiger partial charge on any atom is -0.420 e. The van der Waals surface area contributed by atoms with Gasteiger partial charge < -0.3 is 4.42 Å². The molecule has 34 heavy (non-hydrogen) atoms. The van der Waals surface area contributed by atoms with Crippen molar-refractivity contribution in [3.63, 3.8) is 0 Å². The third-order valence-corrected chi connectivity index (χ3v) is 6.03. The third kappa shape index (κ3) is 4.54. The van der Waals surface area contributed by atoms with E-state index in [1.54, 1.807) is 12.1 Å². The third-order valence-electron chi connectivity index (χ3n) is 4.87. The highest BCUT2D eigenvalue weighted by Crippen LogP contribution is 2.31. The first kappa shape index (κ1) is 21.8. The Morgan fingerprint density at radius 2 is 1.59 bits per heavy atom. The van der Waals surface area contributed by atoms with Crippen molar-refractivity contribution in [2.45, 2.75) is 10.9 Å². The van der Waals surface area contributed by atoms with E-state index in [-0.39, 0.29) is 11.6 Å². The lowest BCUT2D eigenvalue weighted by atomic mass is 10.2. The average Bonchev–Trinajstić information content (AvgIpc) is 3.51. The fourth-order valence-corrected chi connectivity index (χ4v) is 4.15. The Morgan fingerprint density at radius 1 is 0.882 bits per heavy atom. The van der Waals surface area contributed by atoms with Gasteiger partial charge in [-0.05, 0) is 48.5 Å². The molecule has 5 rings (SSSR count). The summed E-state index contributed by atoms with van der Waals surface area (Å²) in [6.07, 6.45) is 0. The molecule has 0 radical (unpaired) electrons. The number of para-hydroxylation sites is 1. The minimum atomic E-state index is -0.457. The fourth-order valence-electron chi connectivity index (χ4n) is 3.24. The zero-order chi connectivity index (χ0) is 23.5. The Morgan fingerprint density at radius 3 is 2.29 bits per heavy atom. The zero-order valence-electron chi connectivity index (χ0n) is 17.4. The Kier molecular flexibility index (Phi) is 6.07. The predicted molar refractivity (Wildman–Crippen MR) is 128 cm³/mol. The molecule has 0 fully saturated rings. The van der Waals surface area contributed by atoms with Crippen molar-refractivity contribution < 1.29 is 9.34 Å². The second kappa shape index (κ2) is 9.46. The number of nitro benzene ring substituents is 1. The molecule has 0 amide bonds. The monoisotopic (exact) mass is 490 g/mol. The summed E-state index contributed by atoms with van der Waals surface area (Å²) in [6.45, 7) is 0. The number of aromatic nitrogens is 5. The van der Waals surface area contributed by atoms with Crippen molar-refractivity contribution in [3.8, 4) is 28.5 Å². The summed E-state index contributed by atoms with van der Waals surface area (Å²) in [7, 11) is 0. The number of halogens is 1. The van der Waals surface area contributed by atoms with Crippen molar-refractivity contribution in [2.75, 3.05) is 0 Å². The second-order valence-corrected chi connectivity index (χ2v) is 8.46. The van der Waals surface area contributed by atoms with Crippen molar-refractivity contribution in [1.29, 1.82) is 0 Å². The molecule has 11 heteroatoms. The maximum atomic E-state index is 10.8. The molecule has 3 aromatic carbocycles. The Balaban J connectivity index is 1.40. The fraction of sp³-hybridized carbons (Fsp3) is 0.0435. The van der Waals surface area contributed by atoms with Crippen LogP contribution in [0.25, 0.3) is 28.5 Å². The SMILES string of the molecule is O=[N+]([O-])c1ccc(-c2nnc(CSc3nnc(-c4ccc(Cl)cc4)n3-c3ccccc3)o2)cc1. The molecule has 0 spiro atoms. The highest BCUT2D eigenvalue weighted by molar-refractivity contribution is 7.98. The molecule has 168 valence electrons. The van der Waals surface area contributed by atoms with Gasteiger partial charge in [0.15, 0.2) is 11.0 Å². The van der Waals surface area contributed by atoms with Gasteiger partial charge in [-0.15, -0.1) is 20.4 Å². The number of non-ortho nitro benzene ring substituents is 1. The molecule has 0 saturated heterocycles. The molecule has 0 aliphatic rings. The summed E-state index contributed by atoms with van der Waals surface area (Å²) in [5.74, 6) is 1.74. The molecule has 2 aromatic heterocycles. The Hall–Kier alpha value is -4.02. The number of thioether (sulfide) groups is 1. The Labute approximate surface area is 202 Å². The maximum absolute atomic E-state index is 10.8. The van der Waals surface area contributed by atoms with Gasteiger partial charge in [0.2, 0.25) is 11.8 Å². The van der Waals surface area contributed by atoms with Crippen LogP contribution in [0.1, 0.15) is 5.89 Å². The van der Waals surface area contributed by atoms with Gasteiger partial charge in [0, 0.05) is 34.0 Å². The molecule has 0 unspecified atom stereocenters. The molecule has 0 bridgehead atoms. The molecular formula is C23H15ClN6O3S. The highest BCUT2D eigenvalue weighted by atomic mass is 35.5. The molecule has 0 saturated carbocycles. The minimum absolute atomic E-state index is 0.00390. The zero-order valence-corrected chi connectivity index (χ0v) is 19.0. The number of hydrogen-bond acceptors (Lipinski definition) is 8. The number of rotatable bonds is 7. The van der Waals surface area contributed by atoms with Crippen LogP contribution in [0.15, 0.2) is 88.4 Å². The van der Waals surface area contributed by atoms with E-state index in [0.29, 0.717) is 33.2 Å². The van der Waals surface area contributed by atoms with Crippen LogP contribution in [0.5, 0.6) is 0 Å². The molecule has 0 N–H and O–H groups in total. The van der Waals surface area contributed by atoms with Crippen LogP contribution < -0.4 is 0 Å². The first-order valence-electron chi connectivity index (χ1n) is 10.1. The van der Waals surface area contributed by atoms with E-state index in [1.165, 1.54) is 23.9 Å². The summed E-state index contributed by atoms with van der Waals surface area (Å²) in [4.78, 5) is 10.4. The maximum Gasteiger partial charge on any atom is 0.269 e. The van der Waals surface area contributed by atoms with E-state index in [0.717, 1.165) is 11.3 Å². The number of nitro groups is 1. The summed E-state index contributed by atoms with van der Waals surface area (Å²) in [5.41, 5.74) is 2.39. The molecule has 0 aliphatic heterocycles. The molecule has 9 nitrogen and oxygen atoms in total. The quantitative estimate of drug-likeness (QED) is 0.159. The van der Waals surface area contributed by atoms with Gasteiger partial charge in [0.05, 0.1) is 10.7 Å². The van der Waals surface area contributed by atoms with E-state index in [1.807, 2.05) is 59.2 Å². The number of nitrogens with zero attached hydrogens (tertiary/aromatic N) is 6. The summed E-state index contributed by atoms with van der Waals surface area (Å²) in [6, 6.07) is 23.2. The second-order valence-electron chi connectivity index (χ2n) is 7.08. The van der Waals surface area contributed by atoms with E-state index in [4.69, 9.17) is 16.0 Å². The highest BCUT2D eigenvalue weighted by Gasteiger charge is 2.18. The molecule has 0 aliphatic carbocycles. The van der Waals surface area contributed by atoms with Crippen molar-refractivity contribution >= 4 is 29.1 Å². The van der Waals surface area contributed by atoms with Gasteiger partial charge in [0.25, 0.3) is 5.69 Å². The lowest BCUT2D eigenvalue weighted by Gasteiger charge is -2.10. The van der Waals surface area contributed by atoms with Crippen LogP contribution in [0, 0.1) is 10.1 Å². The molecule has 2 heterocycles. The standard InChI is InChI=1S/C23H15ClN6O3S/c24-17-10-6-15(7-11-17)21-26-28-23(29(21)18-4-2-1-3-5-18)34-14-20-25-27-22(33-20)16-8-12-19(13-9-16)30(31)32/h1-13H,14H2. The van der Waals surface area contributed by atoms with Crippen molar-refractivity contribution in [1.82, 2.24) is 25.0 Å². The van der Waals surface area contributed by atoms with Crippen LogP contribution in [-0.4, -0.2) is 29.9 Å². The van der Waals surface area contributed by atoms with Crippen LogP contribution in [0.4, 0.5) is 5.69 Å². The van der Waals surface area contributed by atoms with Gasteiger partial charge in [-0.3, -0.25) is 14.7 Å². The van der Waals surface area contributed by atoms with Crippen LogP contribution in [-0.2, 0) is 5.75 Å². The van der Waals surface area contributed by atoms with E-state index in [2.05, 4.69) is 20.4 Å². The van der Waals surface area contributed by atoms with Crippen molar-refractivity contribution in [3.05, 3.63) is 99.9 Å². The molecule has 5 aromatic rings. The summed E-state index contributed by atoms with van der Waals surface area (Å²) in [5, 5.41) is 29.1. The van der Waals surface area contributed by atoms with Gasteiger partial charge >= 0.3 is 0 Å². The number of benzene rings is 3. The molecular weight excluding hydrogens is 476 g/mol. The van der Waals surface area contributed by atoms with Crippen LogP contribution >= 0.6 is 23.4 Å². The lowest BCUT2D eigenvalue weighted by Crippen LogP contribution is -1.99. The van der Waals surface area contributed by atoms with Gasteiger partial charge in [-0.2, -0.15) is 0 Å². The normalized spacial score (nSPS) is 11.0. The van der Waals surface area contributed by atoms with Gasteiger partial charge in [-0.1, -0.05) is 41.6 Å². The smallest absolute Gasteiger partial charge is 0.269 e. The van der Waals surface area contributed by atoms with Crippen LogP contribution in [0.2, 0.25) is 5.02 Å². The van der Waals surface area contributed by atoms with Crippen molar-refractivity contribution in [2.24, 2.45) is 0 Å². The Bertz CT molecular complexity index is 1440. The molecule has 0 atom stereocenters. The first-order valence-corrected chi connectivity index (χ1v) is 11.4. The van der Waals surface area contributed by atoms with Gasteiger partial charge in [0.1, 0.15) is 0 Å².